The Balaban J connectivity index is 1.79. The summed E-state index contributed by atoms with van der Waals surface area (Å²) in [6.45, 7) is 8.15. The van der Waals surface area contributed by atoms with Gasteiger partial charge in [0, 0.05) is 36.1 Å². The minimum atomic E-state index is -1.09. The van der Waals surface area contributed by atoms with Crippen LogP contribution in [0.5, 0.6) is 0 Å². The number of nitrogens with one attached hydrogen (secondary N) is 1. The number of allylic oxidation sites excluding steroid dienone is 4. The molecule has 2 aliphatic carbocycles. The first kappa shape index (κ1) is 22.7. The van der Waals surface area contributed by atoms with Gasteiger partial charge >= 0.3 is 0 Å². The van der Waals surface area contributed by atoms with Gasteiger partial charge in [-0.2, -0.15) is 0 Å². The van der Waals surface area contributed by atoms with Crippen LogP contribution in [-0.4, -0.2) is 23.5 Å². The van der Waals surface area contributed by atoms with E-state index in [1.165, 1.54) is 11.1 Å². The molecule has 7 atom stereocenters. The molecule has 32 heavy (non-hydrogen) atoms. The van der Waals surface area contributed by atoms with E-state index in [0.717, 1.165) is 0 Å². The number of rotatable bonds is 2. The first-order chi connectivity index (χ1) is 15.3. The molecule has 1 aromatic carbocycles. The van der Waals surface area contributed by atoms with Crippen LogP contribution in [0.1, 0.15) is 52.5 Å². The standard InChI is InChI=1S/C28H35NO3/c1-17-9-8-12-22-15-19(3)20(4)25-23(16-21-10-6-5-7-11-21)29-27(32)28(22,25)24(30)14-13-18(2)26(17)31/h5-8,10-12,15,17-18,20,22-23,25H,9,13-14,16H2,1-4H3,(H,29,32)/b12-8-/t17-,18-,20+,22-,23-,25-,28+/m0/s1. The van der Waals surface area contributed by atoms with E-state index < -0.39 is 5.41 Å². The number of carbonyl (C=O) groups excluding carboxylic acids is 3. The number of Topliss-reactive ketones (excluding diaryl/α,β-unsaturated/α-hetero) is 2. The molecule has 1 aromatic rings. The summed E-state index contributed by atoms with van der Waals surface area (Å²) in [6.07, 6.45) is 8.33. The van der Waals surface area contributed by atoms with Crippen LogP contribution in [0.4, 0.5) is 0 Å². The maximum atomic E-state index is 13.9. The van der Waals surface area contributed by atoms with Crippen LogP contribution < -0.4 is 5.32 Å². The number of benzene rings is 1. The summed E-state index contributed by atoms with van der Waals surface area (Å²) < 4.78 is 0. The Morgan fingerprint density at radius 2 is 1.75 bits per heavy atom. The van der Waals surface area contributed by atoms with Crippen molar-refractivity contribution in [3.63, 3.8) is 0 Å². The monoisotopic (exact) mass is 433 g/mol. The first-order valence-electron chi connectivity index (χ1n) is 12.0. The molecule has 4 rings (SSSR count). The second-order valence-corrected chi connectivity index (χ2v) is 10.2. The number of hydrogen-bond acceptors (Lipinski definition) is 3. The van der Waals surface area contributed by atoms with Crippen molar-refractivity contribution in [2.24, 2.45) is 35.0 Å². The van der Waals surface area contributed by atoms with E-state index in [1.807, 2.05) is 44.2 Å². The van der Waals surface area contributed by atoms with Crippen LogP contribution in [-0.2, 0) is 20.8 Å². The van der Waals surface area contributed by atoms with Crippen molar-refractivity contribution in [2.45, 2.75) is 59.4 Å². The number of ketones is 2. The van der Waals surface area contributed by atoms with Gasteiger partial charge < -0.3 is 5.32 Å². The summed E-state index contributed by atoms with van der Waals surface area (Å²) in [6, 6.07) is 10.1. The topological polar surface area (TPSA) is 63.2 Å². The van der Waals surface area contributed by atoms with E-state index in [2.05, 4.69) is 37.4 Å². The fraction of sp³-hybridized carbons (Fsp3) is 0.536. The summed E-state index contributed by atoms with van der Waals surface area (Å²) in [7, 11) is 0. The van der Waals surface area contributed by atoms with Gasteiger partial charge in [0.15, 0.2) is 0 Å². The molecular weight excluding hydrogens is 398 g/mol. The molecule has 3 aliphatic rings. The van der Waals surface area contributed by atoms with Crippen LogP contribution in [0.25, 0.3) is 0 Å². The quantitative estimate of drug-likeness (QED) is 0.543. The van der Waals surface area contributed by atoms with E-state index in [4.69, 9.17) is 0 Å². The van der Waals surface area contributed by atoms with Crippen LogP contribution in [0, 0.1) is 35.0 Å². The molecule has 1 spiro atoms. The predicted molar refractivity (Wildman–Crippen MR) is 126 cm³/mol. The van der Waals surface area contributed by atoms with Gasteiger partial charge in [-0.15, -0.1) is 0 Å². The Morgan fingerprint density at radius 1 is 1.03 bits per heavy atom. The molecule has 0 radical (unpaired) electrons. The second kappa shape index (κ2) is 8.80. The average molecular weight is 434 g/mol. The largest absolute Gasteiger partial charge is 0.352 e. The minimum Gasteiger partial charge on any atom is -0.352 e. The summed E-state index contributed by atoms with van der Waals surface area (Å²) >= 11 is 0. The van der Waals surface area contributed by atoms with Gasteiger partial charge in [0.1, 0.15) is 17.0 Å². The Hall–Kier alpha value is -2.49. The molecule has 170 valence electrons. The van der Waals surface area contributed by atoms with Crippen molar-refractivity contribution in [2.75, 3.05) is 0 Å². The van der Waals surface area contributed by atoms with Crippen LogP contribution in [0.3, 0.4) is 0 Å². The lowest BCUT2D eigenvalue weighted by Gasteiger charge is -2.44. The highest BCUT2D eigenvalue weighted by atomic mass is 16.2. The predicted octanol–water partition coefficient (Wildman–Crippen LogP) is 4.69. The molecule has 1 aliphatic heterocycles. The normalized spacial score (nSPS) is 38.8. The molecule has 1 heterocycles. The lowest BCUT2D eigenvalue weighted by molar-refractivity contribution is -0.145. The summed E-state index contributed by atoms with van der Waals surface area (Å²) in [5, 5.41) is 3.25. The van der Waals surface area contributed by atoms with Crippen LogP contribution in [0.15, 0.2) is 54.1 Å². The Bertz CT molecular complexity index is 962. The third-order valence-electron chi connectivity index (χ3n) is 8.25. The van der Waals surface area contributed by atoms with Gasteiger partial charge in [-0.05, 0) is 37.7 Å². The highest BCUT2D eigenvalue weighted by molar-refractivity contribution is 6.09. The molecule has 0 aromatic heterocycles. The smallest absolute Gasteiger partial charge is 0.235 e. The molecule has 0 saturated carbocycles. The molecule has 1 fully saturated rings. The second-order valence-electron chi connectivity index (χ2n) is 10.2. The minimum absolute atomic E-state index is 0.00462. The molecule has 1 saturated heterocycles. The van der Waals surface area contributed by atoms with Crippen molar-refractivity contribution in [1.29, 1.82) is 0 Å². The van der Waals surface area contributed by atoms with Gasteiger partial charge in [0.2, 0.25) is 5.91 Å². The zero-order chi connectivity index (χ0) is 23.0. The van der Waals surface area contributed by atoms with Crippen molar-refractivity contribution in [1.82, 2.24) is 5.32 Å². The van der Waals surface area contributed by atoms with E-state index >= 15 is 0 Å². The van der Waals surface area contributed by atoms with E-state index in [1.54, 1.807) is 0 Å². The van der Waals surface area contributed by atoms with E-state index in [9.17, 15) is 14.4 Å². The highest BCUT2D eigenvalue weighted by Gasteiger charge is 2.64. The van der Waals surface area contributed by atoms with Crippen molar-refractivity contribution in [3.8, 4) is 0 Å². The Labute approximate surface area is 191 Å². The zero-order valence-electron chi connectivity index (χ0n) is 19.6. The van der Waals surface area contributed by atoms with Crippen LogP contribution >= 0.6 is 0 Å². The van der Waals surface area contributed by atoms with Gasteiger partial charge in [-0.1, -0.05) is 74.9 Å². The van der Waals surface area contributed by atoms with Crippen molar-refractivity contribution in [3.05, 3.63) is 59.7 Å². The van der Waals surface area contributed by atoms with E-state index in [-0.39, 0.29) is 59.5 Å². The highest BCUT2D eigenvalue weighted by Crippen LogP contribution is 2.55. The van der Waals surface area contributed by atoms with Crippen molar-refractivity contribution >= 4 is 17.5 Å². The molecule has 1 amide bonds. The maximum absolute atomic E-state index is 13.9. The Morgan fingerprint density at radius 3 is 2.47 bits per heavy atom. The molecule has 4 heteroatoms. The third-order valence-corrected chi connectivity index (χ3v) is 8.25. The molecular formula is C28H35NO3. The average Bonchev–Trinajstić information content (AvgIpc) is 3.07. The number of hydrogen-bond donors (Lipinski definition) is 1. The maximum Gasteiger partial charge on any atom is 0.235 e. The van der Waals surface area contributed by atoms with Crippen molar-refractivity contribution < 1.29 is 14.4 Å². The lowest BCUT2D eigenvalue weighted by Crippen LogP contribution is -2.52. The van der Waals surface area contributed by atoms with E-state index in [0.29, 0.717) is 19.3 Å². The van der Waals surface area contributed by atoms with Gasteiger partial charge in [-0.3, -0.25) is 14.4 Å². The van der Waals surface area contributed by atoms with Gasteiger partial charge in [0.05, 0.1) is 0 Å². The zero-order valence-corrected chi connectivity index (χ0v) is 19.6. The summed E-state index contributed by atoms with van der Waals surface area (Å²) in [5.41, 5.74) is 1.30. The molecule has 0 unspecified atom stereocenters. The SMILES string of the molecule is CC1=C[C@@H]2/C=C\C[C@H](C)C(=O)[C@@H](C)CCC(=O)[C@]23C(=O)N[C@@H](Cc2ccccc2)[C@@H]3[C@@H]1C. The number of carbonyl (C=O) groups is 3. The molecule has 0 bridgehead atoms. The summed E-state index contributed by atoms with van der Waals surface area (Å²) in [5.74, 6) is -0.425. The third kappa shape index (κ3) is 3.68. The fourth-order valence-corrected chi connectivity index (χ4v) is 6.29. The molecule has 1 N–H and O–H groups in total. The van der Waals surface area contributed by atoms with Gasteiger partial charge in [-0.25, -0.2) is 0 Å². The summed E-state index contributed by atoms with van der Waals surface area (Å²) in [4.78, 5) is 40.4. The van der Waals surface area contributed by atoms with Crippen LogP contribution in [0.2, 0.25) is 0 Å². The molecule has 4 nitrogen and oxygen atoms in total. The Kier molecular flexibility index (Phi) is 6.24. The first-order valence-corrected chi connectivity index (χ1v) is 12.0. The number of amides is 1. The van der Waals surface area contributed by atoms with Gasteiger partial charge in [0.25, 0.3) is 0 Å². The fourth-order valence-electron chi connectivity index (χ4n) is 6.29. The lowest BCUT2D eigenvalue weighted by atomic mass is 9.54.